The summed E-state index contributed by atoms with van der Waals surface area (Å²) in [5.74, 6) is 0.950. The number of anilines is 2. The monoisotopic (exact) mass is 472 g/mol. The van der Waals surface area contributed by atoms with Crippen molar-refractivity contribution in [2.24, 2.45) is 0 Å². The van der Waals surface area contributed by atoms with E-state index in [0.717, 1.165) is 61.6 Å². The van der Waals surface area contributed by atoms with E-state index in [1.54, 1.807) is 12.3 Å². The van der Waals surface area contributed by atoms with Crippen LogP contribution >= 0.6 is 0 Å². The third kappa shape index (κ3) is 5.17. The molecule has 1 N–H and O–H groups in total. The van der Waals surface area contributed by atoms with Crippen LogP contribution in [0.3, 0.4) is 0 Å². The van der Waals surface area contributed by atoms with Crippen LogP contribution in [0.2, 0.25) is 0 Å². The predicted molar refractivity (Wildman–Crippen MR) is 136 cm³/mol. The molecule has 0 saturated carbocycles. The fraction of sp³-hybridized carbons (Fsp3) is 0.379. The number of ether oxygens (including phenoxy) is 2. The molecule has 1 aromatic heterocycles. The molecule has 6 nitrogen and oxygen atoms in total. The Morgan fingerprint density at radius 3 is 2.57 bits per heavy atom. The Hall–Kier alpha value is -3.38. The van der Waals surface area contributed by atoms with Crippen molar-refractivity contribution in [3.05, 3.63) is 83.2 Å². The maximum Gasteiger partial charge on any atom is 0.336 e. The molecule has 3 aromatic rings. The minimum Gasteiger partial charge on any atom is -0.493 e. The van der Waals surface area contributed by atoms with E-state index >= 15 is 0 Å². The molecule has 1 fully saturated rings. The summed E-state index contributed by atoms with van der Waals surface area (Å²) in [7, 11) is 2.08. The summed E-state index contributed by atoms with van der Waals surface area (Å²) >= 11 is 0. The maximum atomic E-state index is 11.5. The lowest BCUT2D eigenvalue weighted by atomic mass is 9.87. The summed E-state index contributed by atoms with van der Waals surface area (Å²) in [5.41, 5.74) is 5.95. The van der Waals surface area contributed by atoms with Gasteiger partial charge in [0.05, 0.1) is 12.2 Å². The third-order valence-electron chi connectivity index (χ3n) is 7.42. The molecular weight excluding hydrogens is 440 g/mol. The highest BCUT2D eigenvalue weighted by molar-refractivity contribution is 5.89. The summed E-state index contributed by atoms with van der Waals surface area (Å²) in [4.78, 5) is 17.8. The highest BCUT2D eigenvalue weighted by Gasteiger charge is 2.23. The predicted octanol–water partition coefficient (Wildman–Crippen LogP) is 5.94. The van der Waals surface area contributed by atoms with E-state index in [1.807, 2.05) is 0 Å². The molecule has 0 spiro atoms. The van der Waals surface area contributed by atoms with Crippen molar-refractivity contribution in [3.8, 4) is 5.75 Å². The number of nitrogens with zero attached hydrogens (tertiary/aromatic N) is 2. The molecule has 1 atom stereocenters. The average molecular weight is 473 g/mol. The molecule has 2 aliphatic heterocycles. The molecule has 35 heavy (non-hydrogen) atoms. The quantitative estimate of drug-likeness (QED) is 0.459. The van der Waals surface area contributed by atoms with Crippen molar-refractivity contribution in [3.63, 3.8) is 0 Å². The number of rotatable bonds is 7. The molecule has 1 saturated heterocycles. The Kier molecular flexibility index (Phi) is 7.00. The molecule has 5 rings (SSSR count). The summed E-state index contributed by atoms with van der Waals surface area (Å²) in [6, 6.07) is 16.9. The summed E-state index contributed by atoms with van der Waals surface area (Å²) in [6.45, 7) is 2.38. The van der Waals surface area contributed by atoms with E-state index in [0.29, 0.717) is 30.4 Å². The van der Waals surface area contributed by atoms with Gasteiger partial charge in [0.1, 0.15) is 5.75 Å². The molecule has 0 aliphatic carbocycles. The van der Waals surface area contributed by atoms with Crippen molar-refractivity contribution < 1.29 is 19.4 Å². The fourth-order valence-electron chi connectivity index (χ4n) is 5.28. The van der Waals surface area contributed by atoms with Crippen LogP contribution in [0.5, 0.6) is 5.75 Å². The first-order chi connectivity index (χ1) is 17.1. The summed E-state index contributed by atoms with van der Waals surface area (Å²) < 4.78 is 11.5. The number of hydrogen-bond acceptors (Lipinski definition) is 5. The normalized spacial score (nSPS) is 17.9. The molecule has 2 aliphatic rings. The number of hydrogen-bond donors (Lipinski definition) is 1. The second kappa shape index (κ2) is 10.5. The highest BCUT2D eigenvalue weighted by atomic mass is 16.5. The SMILES string of the molecule is CN(c1ccc(C2CCOCC2)cc1)c1ccc2c(c1)OCC[C@H]2CCc1cnccc1C(=O)O. The van der Waals surface area contributed by atoms with Crippen molar-refractivity contribution >= 4 is 17.3 Å². The van der Waals surface area contributed by atoms with Crippen LogP contribution in [0.4, 0.5) is 11.4 Å². The molecule has 0 radical (unpaired) electrons. The number of aryl methyl sites for hydroxylation is 1. The first kappa shape index (κ1) is 23.4. The van der Waals surface area contributed by atoms with Crippen LogP contribution < -0.4 is 9.64 Å². The molecule has 2 aromatic carbocycles. The van der Waals surface area contributed by atoms with Gasteiger partial charge >= 0.3 is 5.97 Å². The number of fused-ring (bicyclic) bond motifs is 1. The number of carboxylic acid groups (broad SMARTS) is 1. The number of benzene rings is 2. The van der Waals surface area contributed by atoms with Crippen LogP contribution in [0, 0.1) is 0 Å². The first-order valence-electron chi connectivity index (χ1n) is 12.4. The molecule has 0 amide bonds. The lowest BCUT2D eigenvalue weighted by Crippen LogP contribution is -2.17. The van der Waals surface area contributed by atoms with Gasteiger partial charge in [-0.25, -0.2) is 4.79 Å². The molecule has 3 heterocycles. The zero-order chi connectivity index (χ0) is 24.2. The van der Waals surface area contributed by atoms with Crippen molar-refractivity contribution in [2.45, 2.75) is 43.9 Å². The van der Waals surface area contributed by atoms with Crippen LogP contribution in [0.25, 0.3) is 0 Å². The van der Waals surface area contributed by atoms with Gasteiger partial charge in [-0.05, 0) is 84.9 Å². The van der Waals surface area contributed by atoms with Crippen molar-refractivity contribution in [1.82, 2.24) is 4.98 Å². The second-order valence-electron chi connectivity index (χ2n) is 9.47. The van der Waals surface area contributed by atoms with E-state index in [9.17, 15) is 9.90 Å². The molecule has 0 unspecified atom stereocenters. The summed E-state index contributed by atoms with van der Waals surface area (Å²) in [5, 5.41) is 9.46. The van der Waals surface area contributed by atoms with Gasteiger partial charge in [-0.15, -0.1) is 0 Å². The van der Waals surface area contributed by atoms with Gasteiger partial charge in [0, 0.05) is 50.1 Å². The molecule has 6 heteroatoms. The van der Waals surface area contributed by atoms with Crippen LogP contribution in [0.1, 0.15) is 64.6 Å². The van der Waals surface area contributed by atoms with E-state index in [4.69, 9.17) is 9.47 Å². The fourth-order valence-corrected chi connectivity index (χ4v) is 5.28. The topological polar surface area (TPSA) is 71.9 Å². The lowest BCUT2D eigenvalue weighted by Gasteiger charge is -2.28. The Labute approximate surface area is 206 Å². The molecule has 182 valence electrons. The Balaban J connectivity index is 1.29. The summed E-state index contributed by atoms with van der Waals surface area (Å²) in [6.07, 6.45) is 7.88. The van der Waals surface area contributed by atoms with E-state index in [2.05, 4.69) is 59.4 Å². The van der Waals surface area contributed by atoms with Crippen molar-refractivity contribution in [2.75, 3.05) is 31.8 Å². The van der Waals surface area contributed by atoms with Gasteiger partial charge in [0.25, 0.3) is 0 Å². The average Bonchev–Trinajstić information content (AvgIpc) is 2.92. The maximum absolute atomic E-state index is 11.5. The van der Waals surface area contributed by atoms with Crippen LogP contribution in [-0.4, -0.2) is 42.9 Å². The number of carboxylic acids is 1. The number of aromatic carboxylic acids is 1. The third-order valence-corrected chi connectivity index (χ3v) is 7.42. The zero-order valence-electron chi connectivity index (χ0n) is 20.2. The van der Waals surface area contributed by atoms with Crippen LogP contribution in [0.15, 0.2) is 60.9 Å². The second-order valence-corrected chi connectivity index (χ2v) is 9.47. The Morgan fingerprint density at radius 2 is 1.80 bits per heavy atom. The first-order valence-corrected chi connectivity index (χ1v) is 12.4. The van der Waals surface area contributed by atoms with Gasteiger partial charge in [-0.2, -0.15) is 0 Å². The standard InChI is InChI=1S/C29H32N2O4/c1-31(24-6-4-20(5-7-24)21-11-15-34-16-12-21)25-8-9-26-22(13-17-35-28(26)18-25)2-3-23-19-30-14-10-27(23)29(32)33/h4-10,14,18-19,21-22H,2-3,11-13,15-17H2,1H3,(H,32,33)/t22-/m1/s1. The van der Waals surface area contributed by atoms with E-state index < -0.39 is 5.97 Å². The number of aromatic nitrogens is 1. The lowest BCUT2D eigenvalue weighted by molar-refractivity contribution is 0.0695. The minimum absolute atomic E-state index is 0.332. The number of carbonyl (C=O) groups is 1. The Morgan fingerprint density at radius 1 is 1.03 bits per heavy atom. The molecule has 0 bridgehead atoms. The zero-order valence-corrected chi connectivity index (χ0v) is 20.2. The largest absolute Gasteiger partial charge is 0.493 e. The number of pyridine rings is 1. The smallest absolute Gasteiger partial charge is 0.336 e. The highest BCUT2D eigenvalue weighted by Crippen LogP contribution is 2.40. The van der Waals surface area contributed by atoms with Gasteiger partial charge in [0.15, 0.2) is 0 Å². The molecular formula is C29H32N2O4. The minimum atomic E-state index is -0.900. The van der Waals surface area contributed by atoms with Crippen LogP contribution in [-0.2, 0) is 11.2 Å². The van der Waals surface area contributed by atoms with Crippen molar-refractivity contribution in [1.29, 1.82) is 0 Å². The van der Waals surface area contributed by atoms with Gasteiger partial charge in [-0.1, -0.05) is 18.2 Å². The van der Waals surface area contributed by atoms with E-state index in [-0.39, 0.29) is 0 Å². The van der Waals surface area contributed by atoms with Gasteiger partial charge in [-0.3, -0.25) is 4.98 Å². The van der Waals surface area contributed by atoms with Gasteiger partial charge < -0.3 is 19.5 Å². The van der Waals surface area contributed by atoms with Gasteiger partial charge in [0.2, 0.25) is 0 Å². The van der Waals surface area contributed by atoms with E-state index in [1.165, 1.54) is 17.3 Å². The Bertz CT molecular complexity index is 1170.